The number of hydrogen-bond donors (Lipinski definition) is 1. The van der Waals surface area contributed by atoms with Gasteiger partial charge < -0.3 is 10.1 Å². The van der Waals surface area contributed by atoms with E-state index in [-0.39, 0.29) is 35.9 Å². The molecule has 0 fully saturated rings. The molecular weight excluding hydrogens is 546 g/mol. The maximum atomic E-state index is 13.8. The molecule has 2 aromatic heterocycles. The normalized spacial score (nSPS) is 18.0. The Kier molecular flexibility index (Phi) is 9.44. The molecule has 4 aromatic rings. The molecule has 0 saturated carbocycles. The van der Waals surface area contributed by atoms with Gasteiger partial charge in [0.25, 0.3) is 0 Å². The van der Waals surface area contributed by atoms with Crippen LogP contribution in [0.3, 0.4) is 0 Å². The van der Waals surface area contributed by atoms with Gasteiger partial charge in [0.1, 0.15) is 5.60 Å². The van der Waals surface area contributed by atoms with Crippen LogP contribution in [-0.4, -0.2) is 29.7 Å². The highest BCUT2D eigenvalue weighted by Gasteiger charge is 2.36. The first-order valence-corrected chi connectivity index (χ1v) is 14.7. The second-order valence-corrected chi connectivity index (χ2v) is 12.8. The molecule has 0 spiro atoms. The maximum Gasteiger partial charge on any atom is 0.411 e. The third-order valence-electron chi connectivity index (χ3n) is 6.70. The van der Waals surface area contributed by atoms with Gasteiger partial charge in [0.15, 0.2) is 10.3 Å². The van der Waals surface area contributed by atoms with Gasteiger partial charge in [-0.2, -0.15) is 8.78 Å². The predicted molar refractivity (Wildman–Crippen MR) is 160 cm³/mol. The third kappa shape index (κ3) is 6.79. The van der Waals surface area contributed by atoms with Crippen LogP contribution < -0.4 is 5.32 Å². The van der Waals surface area contributed by atoms with E-state index in [2.05, 4.69) is 17.4 Å². The van der Waals surface area contributed by atoms with E-state index in [0.29, 0.717) is 13.0 Å². The van der Waals surface area contributed by atoms with E-state index in [0.717, 1.165) is 34.5 Å². The van der Waals surface area contributed by atoms with Crippen molar-refractivity contribution in [3.8, 4) is 0 Å². The Morgan fingerprint density at radius 1 is 0.875 bits per heavy atom. The SMILES string of the molecule is C.CC(C)(C)OC(=O)N1CCc2sc(F)cc2C1c1ccccc1.Fc1cc2c(s1)CCNC2c1ccccc1. The third-order valence-corrected chi connectivity index (χ3v) is 8.70. The van der Waals surface area contributed by atoms with E-state index in [9.17, 15) is 13.6 Å². The van der Waals surface area contributed by atoms with Crippen LogP contribution in [0.25, 0.3) is 0 Å². The largest absolute Gasteiger partial charge is 0.444 e. The number of carbonyl (C=O) groups is 1. The number of rotatable bonds is 2. The summed E-state index contributed by atoms with van der Waals surface area (Å²) in [4.78, 5) is 16.5. The molecule has 212 valence electrons. The van der Waals surface area contributed by atoms with Gasteiger partial charge in [-0.1, -0.05) is 68.1 Å². The number of hydrogen-bond acceptors (Lipinski definition) is 5. The summed E-state index contributed by atoms with van der Waals surface area (Å²) in [5, 5.41) is 3.16. The van der Waals surface area contributed by atoms with Gasteiger partial charge in [0.2, 0.25) is 0 Å². The molecule has 0 aliphatic carbocycles. The minimum absolute atomic E-state index is 0. The Morgan fingerprint density at radius 2 is 1.43 bits per heavy atom. The molecular formula is C32H36F2N2O2S2. The van der Waals surface area contributed by atoms with Crippen molar-refractivity contribution in [1.82, 2.24) is 10.2 Å². The van der Waals surface area contributed by atoms with Crippen LogP contribution in [0, 0.1) is 10.3 Å². The molecule has 1 N–H and O–H groups in total. The highest BCUT2D eigenvalue weighted by atomic mass is 32.1. The summed E-state index contributed by atoms with van der Waals surface area (Å²) >= 11 is 2.45. The Morgan fingerprint density at radius 3 is 2.02 bits per heavy atom. The lowest BCUT2D eigenvalue weighted by Gasteiger charge is -2.37. The summed E-state index contributed by atoms with van der Waals surface area (Å²) in [5.74, 6) is 0. The molecule has 40 heavy (non-hydrogen) atoms. The van der Waals surface area contributed by atoms with Gasteiger partial charge in [0, 0.05) is 29.3 Å². The monoisotopic (exact) mass is 582 g/mol. The molecule has 8 heteroatoms. The molecule has 0 radical (unpaired) electrons. The molecule has 6 rings (SSSR count). The summed E-state index contributed by atoms with van der Waals surface area (Å²) in [6, 6.07) is 23.0. The molecule has 2 unspecified atom stereocenters. The molecule has 0 bridgehead atoms. The van der Waals surface area contributed by atoms with Crippen LogP contribution in [0.15, 0.2) is 72.8 Å². The average molecular weight is 583 g/mol. The van der Waals surface area contributed by atoms with Gasteiger partial charge in [0.05, 0.1) is 12.1 Å². The number of thiophene rings is 2. The quantitative estimate of drug-likeness (QED) is 0.258. The zero-order chi connectivity index (χ0) is 27.6. The summed E-state index contributed by atoms with van der Waals surface area (Å²) in [7, 11) is 0. The molecule has 4 heterocycles. The van der Waals surface area contributed by atoms with Crippen molar-refractivity contribution < 1.29 is 18.3 Å². The van der Waals surface area contributed by atoms with E-state index in [4.69, 9.17) is 4.74 Å². The van der Waals surface area contributed by atoms with E-state index in [1.54, 1.807) is 17.0 Å². The van der Waals surface area contributed by atoms with Crippen molar-refractivity contribution in [2.75, 3.05) is 13.1 Å². The summed E-state index contributed by atoms with van der Waals surface area (Å²) < 4.78 is 32.6. The lowest BCUT2D eigenvalue weighted by molar-refractivity contribution is 0.0179. The Balaban J connectivity index is 0.000000191. The lowest BCUT2D eigenvalue weighted by Crippen LogP contribution is -2.43. The van der Waals surface area contributed by atoms with Crippen LogP contribution in [0.1, 0.15) is 72.3 Å². The van der Waals surface area contributed by atoms with Crippen molar-refractivity contribution in [2.45, 2.75) is 58.7 Å². The first kappa shape index (κ1) is 29.9. The fraction of sp³-hybridized carbons (Fsp3) is 0.344. The first-order chi connectivity index (χ1) is 18.7. The molecule has 2 aliphatic rings. The predicted octanol–water partition coefficient (Wildman–Crippen LogP) is 8.53. The maximum absolute atomic E-state index is 13.8. The fourth-order valence-electron chi connectivity index (χ4n) is 5.10. The molecule has 2 aliphatic heterocycles. The van der Waals surface area contributed by atoms with Crippen molar-refractivity contribution in [3.05, 3.63) is 115 Å². The first-order valence-electron chi connectivity index (χ1n) is 13.1. The number of ether oxygens (including phenoxy) is 1. The van der Waals surface area contributed by atoms with E-state index in [1.807, 2.05) is 69.3 Å². The smallest absolute Gasteiger partial charge is 0.411 e. The Hall–Kier alpha value is -3.07. The second-order valence-electron chi connectivity index (χ2n) is 10.6. The number of benzene rings is 2. The summed E-state index contributed by atoms with van der Waals surface area (Å²) in [6.45, 7) is 7.00. The second kappa shape index (κ2) is 12.6. The number of fused-ring (bicyclic) bond motifs is 2. The van der Waals surface area contributed by atoms with Crippen LogP contribution in [0.4, 0.5) is 13.6 Å². The van der Waals surface area contributed by atoms with E-state index in [1.165, 1.54) is 33.1 Å². The van der Waals surface area contributed by atoms with Crippen LogP contribution in [0.5, 0.6) is 0 Å². The number of nitrogens with one attached hydrogen (secondary N) is 1. The van der Waals surface area contributed by atoms with E-state index >= 15 is 0 Å². The fourth-order valence-corrected chi connectivity index (χ4v) is 6.92. The minimum Gasteiger partial charge on any atom is -0.444 e. The zero-order valence-electron chi connectivity index (χ0n) is 22.2. The van der Waals surface area contributed by atoms with E-state index < -0.39 is 5.60 Å². The summed E-state index contributed by atoms with van der Waals surface area (Å²) in [5.41, 5.74) is 3.60. The number of amides is 1. The topological polar surface area (TPSA) is 41.6 Å². The highest BCUT2D eigenvalue weighted by molar-refractivity contribution is 7.10. The van der Waals surface area contributed by atoms with Crippen molar-refractivity contribution >= 4 is 28.8 Å². The van der Waals surface area contributed by atoms with Gasteiger partial charge in [-0.05, 0) is 61.6 Å². The van der Waals surface area contributed by atoms with Gasteiger partial charge in [-0.15, -0.1) is 22.7 Å². The Labute approximate surface area is 243 Å². The van der Waals surface area contributed by atoms with Crippen LogP contribution >= 0.6 is 22.7 Å². The molecule has 2 aromatic carbocycles. The average Bonchev–Trinajstić information content (AvgIpc) is 3.49. The number of halogens is 2. The number of carbonyl (C=O) groups excluding carboxylic acids is 1. The van der Waals surface area contributed by atoms with Gasteiger partial charge in [-0.3, -0.25) is 4.90 Å². The van der Waals surface area contributed by atoms with Gasteiger partial charge >= 0.3 is 6.09 Å². The highest BCUT2D eigenvalue weighted by Crippen LogP contribution is 2.39. The van der Waals surface area contributed by atoms with Crippen LogP contribution in [0.2, 0.25) is 0 Å². The lowest BCUT2D eigenvalue weighted by atomic mass is 9.93. The molecule has 2 atom stereocenters. The van der Waals surface area contributed by atoms with Gasteiger partial charge in [-0.25, -0.2) is 4.79 Å². The molecule has 4 nitrogen and oxygen atoms in total. The summed E-state index contributed by atoms with van der Waals surface area (Å²) in [6.07, 6.45) is 1.24. The van der Waals surface area contributed by atoms with Crippen molar-refractivity contribution in [2.24, 2.45) is 0 Å². The number of nitrogens with zero attached hydrogens (tertiary/aromatic N) is 1. The van der Waals surface area contributed by atoms with Crippen molar-refractivity contribution in [3.63, 3.8) is 0 Å². The Bertz CT molecular complexity index is 1410. The standard InChI is InChI=1S/C18H20FNO2S.C13H12FNS.CH4/c1-18(2,3)22-17(21)20-10-9-14-13(11-15(19)23-14)16(20)12-7-5-4-6-8-12;14-12-8-10-11(16-12)6-7-15-13(10)9-4-2-1-3-5-9;/h4-8,11,16H,9-10H2,1-3H3;1-5,8,13,15H,6-7H2;1H4. The van der Waals surface area contributed by atoms with Crippen molar-refractivity contribution in [1.29, 1.82) is 0 Å². The zero-order valence-corrected chi connectivity index (χ0v) is 23.9. The minimum atomic E-state index is -0.557. The molecule has 1 amide bonds. The van der Waals surface area contributed by atoms with Crippen LogP contribution in [-0.2, 0) is 17.6 Å². The molecule has 0 saturated heterocycles.